The molecule has 0 amide bonds. The summed E-state index contributed by atoms with van der Waals surface area (Å²) in [6.45, 7) is 0. The lowest BCUT2D eigenvalue weighted by atomic mass is 9.82. The number of hydrogen-bond donors (Lipinski definition) is 0. The van der Waals surface area contributed by atoms with Gasteiger partial charge >= 0.3 is 0 Å². The second-order valence-electron chi connectivity index (χ2n) is 13.1. The van der Waals surface area contributed by atoms with Crippen molar-refractivity contribution in [2.75, 3.05) is 0 Å². The van der Waals surface area contributed by atoms with Gasteiger partial charge in [-0.1, -0.05) is 152 Å². The van der Waals surface area contributed by atoms with E-state index >= 15 is 0 Å². The smallest absolute Gasteiger partial charge is 0.139 e. The lowest BCUT2D eigenvalue weighted by molar-refractivity contribution is 0.661. The van der Waals surface area contributed by atoms with Crippen molar-refractivity contribution in [3.05, 3.63) is 175 Å². The summed E-state index contributed by atoms with van der Waals surface area (Å²) in [7, 11) is 0. The van der Waals surface area contributed by atoms with Gasteiger partial charge in [-0.15, -0.1) is 0 Å². The average Bonchev–Trinajstić information content (AvgIpc) is 3.57. The van der Waals surface area contributed by atoms with Crippen molar-refractivity contribution < 1.29 is 4.42 Å². The van der Waals surface area contributed by atoms with Crippen LogP contribution in [-0.4, -0.2) is 0 Å². The summed E-state index contributed by atoms with van der Waals surface area (Å²) < 4.78 is 6.72. The molecule has 0 saturated carbocycles. The molecule has 0 radical (unpaired) electrons. The molecule has 1 heteroatoms. The van der Waals surface area contributed by atoms with E-state index in [1.54, 1.807) is 0 Å². The van der Waals surface area contributed by atoms with Crippen LogP contribution in [0.3, 0.4) is 0 Å². The number of fused-ring (bicyclic) bond motifs is 7. The fraction of sp³-hybridized carbons (Fsp3) is 0.0417. The minimum Gasteiger partial charge on any atom is -0.456 e. The van der Waals surface area contributed by atoms with Crippen LogP contribution in [0, 0.1) is 0 Å². The van der Waals surface area contributed by atoms with E-state index < -0.39 is 0 Å². The summed E-state index contributed by atoms with van der Waals surface area (Å²) in [6, 6.07) is 57.5. The second kappa shape index (κ2) is 11.2. The molecule has 0 bridgehead atoms. The zero-order chi connectivity index (χ0) is 32.3. The van der Waals surface area contributed by atoms with E-state index in [0.717, 1.165) is 24.0 Å². The highest BCUT2D eigenvalue weighted by Crippen LogP contribution is 2.49. The molecule has 1 aliphatic rings. The Hall–Kier alpha value is -6.18. The van der Waals surface area contributed by atoms with Crippen molar-refractivity contribution in [2.45, 2.75) is 12.8 Å². The van der Waals surface area contributed by atoms with E-state index in [0.29, 0.717) is 0 Å². The van der Waals surface area contributed by atoms with Gasteiger partial charge in [-0.2, -0.15) is 0 Å². The standard InChI is InChI=1S/C48H32O/c1-3-14-31(15-4-1)34-27-28-35(32-16-5-2-6-17-32)43(30-34)46-39-22-11-9-20-37(39)45(38-21-10-12-23-40(38)46)41-24-13-25-44-47(41)42-29-26-33-18-7-8-19-36(33)48(42)49-44/h1-7,9-18,20-30H,8,19H2. The van der Waals surface area contributed by atoms with Crippen molar-refractivity contribution in [3.63, 3.8) is 0 Å². The third kappa shape index (κ3) is 4.40. The maximum Gasteiger partial charge on any atom is 0.139 e. The Morgan fingerprint density at radius 3 is 1.76 bits per heavy atom. The van der Waals surface area contributed by atoms with Gasteiger partial charge in [0.1, 0.15) is 11.2 Å². The molecule has 0 spiro atoms. The van der Waals surface area contributed by atoms with E-state index in [-0.39, 0.29) is 0 Å². The molecule has 0 saturated heterocycles. The van der Waals surface area contributed by atoms with E-state index in [4.69, 9.17) is 4.42 Å². The van der Waals surface area contributed by atoms with Crippen LogP contribution in [0.2, 0.25) is 0 Å². The Labute approximate surface area is 285 Å². The first-order valence-corrected chi connectivity index (χ1v) is 17.2. The summed E-state index contributed by atoms with van der Waals surface area (Å²) in [5.41, 5.74) is 14.4. The molecule has 230 valence electrons. The molecule has 0 N–H and O–H groups in total. The first-order chi connectivity index (χ1) is 24.3. The van der Waals surface area contributed by atoms with Gasteiger partial charge in [0.2, 0.25) is 0 Å². The molecule has 0 atom stereocenters. The van der Waals surface area contributed by atoms with Gasteiger partial charge < -0.3 is 4.42 Å². The van der Waals surface area contributed by atoms with Crippen molar-refractivity contribution in [1.29, 1.82) is 0 Å². The minimum absolute atomic E-state index is 0.939. The van der Waals surface area contributed by atoms with E-state index in [1.165, 1.54) is 88.0 Å². The SMILES string of the molecule is C1=Cc2ccc3c(oc4cccc(-c5c6ccccc6c(-c6cc(-c7ccccc7)ccc6-c6ccccc6)c6ccccc56)c43)c2CC1. The fourth-order valence-corrected chi connectivity index (χ4v) is 8.16. The van der Waals surface area contributed by atoms with Crippen LogP contribution < -0.4 is 0 Å². The topological polar surface area (TPSA) is 13.1 Å². The molecule has 1 aliphatic carbocycles. The third-order valence-electron chi connectivity index (χ3n) is 10.3. The van der Waals surface area contributed by atoms with Crippen LogP contribution in [0.4, 0.5) is 0 Å². The lowest BCUT2D eigenvalue weighted by Crippen LogP contribution is -1.94. The van der Waals surface area contributed by atoms with Gasteiger partial charge in [0.25, 0.3) is 0 Å². The maximum absolute atomic E-state index is 6.72. The summed E-state index contributed by atoms with van der Waals surface area (Å²) in [5.74, 6) is 0. The van der Waals surface area contributed by atoms with Crippen molar-refractivity contribution in [3.8, 4) is 44.5 Å². The van der Waals surface area contributed by atoms with Crippen LogP contribution in [0.15, 0.2) is 168 Å². The van der Waals surface area contributed by atoms with Gasteiger partial charge in [-0.05, 0) is 103 Å². The number of hydrogen-bond acceptors (Lipinski definition) is 1. The predicted octanol–water partition coefficient (Wildman–Crippen LogP) is 13.5. The van der Waals surface area contributed by atoms with Crippen molar-refractivity contribution in [1.82, 2.24) is 0 Å². The molecule has 10 rings (SSSR count). The van der Waals surface area contributed by atoms with Crippen LogP contribution in [0.25, 0.3) is 94.1 Å². The second-order valence-corrected chi connectivity index (χ2v) is 13.1. The summed E-state index contributed by atoms with van der Waals surface area (Å²) in [4.78, 5) is 0. The number of rotatable bonds is 4. The Kier molecular flexibility index (Phi) is 6.38. The highest BCUT2D eigenvalue weighted by molar-refractivity contribution is 6.26. The van der Waals surface area contributed by atoms with Gasteiger partial charge in [0, 0.05) is 16.3 Å². The van der Waals surface area contributed by atoms with Crippen molar-refractivity contribution in [2.24, 2.45) is 0 Å². The summed E-state index contributed by atoms with van der Waals surface area (Å²) >= 11 is 0. The normalized spacial score (nSPS) is 12.7. The molecule has 8 aromatic carbocycles. The first-order valence-electron chi connectivity index (χ1n) is 17.2. The van der Waals surface area contributed by atoms with E-state index in [1.807, 2.05) is 0 Å². The number of furan rings is 1. The number of aryl methyl sites for hydroxylation is 1. The molecule has 9 aromatic rings. The molecular formula is C48H32O. The quantitative estimate of drug-likeness (QED) is 0.178. The van der Waals surface area contributed by atoms with E-state index in [9.17, 15) is 0 Å². The zero-order valence-corrected chi connectivity index (χ0v) is 27.0. The van der Waals surface area contributed by atoms with E-state index in [2.05, 4.69) is 170 Å². The Morgan fingerprint density at radius 1 is 0.429 bits per heavy atom. The van der Waals surface area contributed by atoms with Gasteiger partial charge in [-0.3, -0.25) is 0 Å². The molecule has 1 heterocycles. The molecule has 1 nitrogen and oxygen atoms in total. The van der Waals surface area contributed by atoms with Crippen LogP contribution in [-0.2, 0) is 6.42 Å². The maximum atomic E-state index is 6.72. The van der Waals surface area contributed by atoms with Crippen LogP contribution in [0.5, 0.6) is 0 Å². The fourth-order valence-electron chi connectivity index (χ4n) is 8.16. The summed E-state index contributed by atoms with van der Waals surface area (Å²) in [6.07, 6.45) is 6.55. The largest absolute Gasteiger partial charge is 0.456 e. The van der Waals surface area contributed by atoms with Gasteiger partial charge in [-0.25, -0.2) is 0 Å². The highest BCUT2D eigenvalue weighted by Gasteiger charge is 2.23. The summed E-state index contributed by atoms with van der Waals surface area (Å²) in [5, 5.41) is 7.34. The molecule has 0 unspecified atom stereocenters. The Balaban J connectivity index is 1.32. The van der Waals surface area contributed by atoms with Crippen molar-refractivity contribution >= 4 is 49.6 Å². The highest BCUT2D eigenvalue weighted by atomic mass is 16.3. The monoisotopic (exact) mass is 624 g/mol. The molecule has 0 fully saturated rings. The number of benzene rings is 8. The first kappa shape index (κ1) is 27.9. The molecule has 0 aliphatic heterocycles. The number of allylic oxidation sites excluding steroid dienone is 1. The van der Waals surface area contributed by atoms with Crippen LogP contribution in [0.1, 0.15) is 17.5 Å². The van der Waals surface area contributed by atoms with Gasteiger partial charge in [0.15, 0.2) is 0 Å². The Bertz CT molecular complexity index is 2690. The van der Waals surface area contributed by atoms with Gasteiger partial charge in [0.05, 0.1) is 0 Å². The Morgan fingerprint density at radius 2 is 1.06 bits per heavy atom. The average molecular weight is 625 g/mol. The third-order valence-corrected chi connectivity index (χ3v) is 10.3. The molecule has 1 aromatic heterocycles. The lowest BCUT2D eigenvalue weighted by Gasteiger charge is -2.21. The zero-order valence-electron chi connectivity index (χ0n) is 27.0. The predicted molar refractivity (Wildman–Crippen MR) is 208 cm³/mol. The molecule has 49 heavy (non-hydrogen) atoms. The minimum atomic E-state index is 0.939. The van der Waals surface area contributed by atoms with Crippen LogP contribution >= 0.6 is 0 Å². The molecular weight excluding hydrogens is 593 g/mol.